The molecule has 0 atom stereocenters. The lowest BCUT2D eigenvalue weighted by molar-refractivity contribution is 1.08. The maximum absolute atomic E-state index is 4.80. The van der Waals surface area contributed by atoms with Crippen molar-refractivity contribution >= 4 is 32.3 Å². The highest BCUT2D eigenvalue weighted by molar-refractivity contribution is 9.10. The third kappa shape index (κ3) is 1.82. The third-order valence-corrected chi connectivity index (χ3v) is 4.89. The minimum absolute atomic E-state index is 0.887. The van der Waals surface area contributed by atoms with Crippen LogP contribution < -0.4 is 0 Å². The summed E-state index contributed by atoms with van der Waals surface area (Å²) in [6.07, 6.45) is 0. The van der Waals surface area contributed by atoms with E-state index in [1.807, 2.05) is 6.07 Å². The van der Waals surface area contributed by atoms with E-state index in [1.165, 1.54) is 27.6 Å². The highest BCUT2D eigenvalue weighted by Crippen LogP contribution is 2.35. The highest BCUT2D eigenvalue weighted by atomic mass is 79.9. The summed E-state index contributed by atoms with van der Waals surface area (Å²) in [5.41, 5.74) is 5.81. The number of aromatic nitrogens is 2. The van der Waals surface area contributed by atoms with Gasteiger partial charge in [0, 0.05) is 16.6 Å². The first kappa shape index (κ1) is 13.5. The quantitative estimate of drug-likeness (QED) is 0.440. The number of nitrogens with zero attached hydrogens (tertiary/aromatic N) is 2. The van der Waals surface area contributed by atoms with Crippen LogP contribution in [0.5, 0.6) is 0 Å². The first-order valence-electron chi connectivity index (χ1n) is 7.30. The van der Waals surface area contributed by atoms with Gasteiger partial charge in [-0.15, -0.1) is 0 Å². The minimum atomic E-state index is 0.887. The fourth-order valence-electron chi connectivity index (χ4n) is 3.11. The molecule has 0 unspecified atom stereocenters. The summed E-state index contributed by atoms with van der Waals surface area (Å²) >= 11 is 3.66. The first-order valence-corrected chi connectivity index (χ1v) is 8.09. The third-order valence-electron chi connectivity index (χ3n) is 4.33. The molecule has 0 bridgehead atoms. The molecule has 0 saturated heterocycles. The number of imidazole rings is 1. The topological polar surface area (TPSA) is 17.3 Å². The number of hydrogen-bond donors (Lipinski definition) is 0. The Hall–Kier alpha value is -2.13. The zero-order valence-electron chi connectivity index (χ0n) is 12.5. The lowest BCUT2D eigenvalue weighted by Gasteiger charge is -2.12. The maximum atomic E-state index is 4.80. The molecule has 0 fully saturated rings. The molecule has 108 valence electrons. The van der Waals surface area contributed by atoms with Crippen LogP contribution in [0.1, 0.15) is 11.3 Å². The molecule has 22 heavy (non-hydrogen) atoms. The van der Waals surface area contributed by atoms with Gasteiger partial charge in [-0.2, -0.15) is 0 Å². The monoisotopic (exact) mass is 350 g/mol. The molecule has 0 amide bonds. The van der Waals surface area contributed by atoms with Crippen molar-refractivity contribution in [2.45, 2.75) is 13.8 Å². The van der Waals surface area contributed by atoms with Gasteiger partial charge in [0.05, 0.1) is 5.69 Å². The van der Waals surface area contributed by atoms with Gasteiger partial charge in [0.1, 0.15) is 10.3 Å². The molecule has 0 aliphatic heterocycles. The molecule has 0 aliphatic rings. The summed E-state index contributed by atoms with van der Waals surface area (Å²) in [5.74, 6) is 0. The van der Waals surface area contributed by atoms with Gasteiger partial charge in [0.25, 0.3) is 0 Å². The van der Waals surface area contributed by atoms with Gasteiger partial charge in [0.2, 0.25) is 0 Å². The predicted molar refractivity (Wildman–Crippen MR) is 95.3 cm³/mol. The Morgan fingerprint density at radius 1 is 0.864 bits per heavy atom. The number of rotatable bonds is 1. The van der Waals surface area contributed by atoms with E-state index in [-0.39, 0.29) is 0 Å². The fourth-order valence-corrected chi connectivity index (χ4v) is 3.69. The van der Waals surface area contributed by atoms with Gasteiger partial charge < -0.3 is 0 Å². The van der Waals surface area contributed by atoms with Crippen LogP contribution >= 0.6 is 15.9 Å². The van der Waals surface area contributed by atoms with Crippen molar-refractivity contribution in [2.24, 2.45) is 0 Å². The molecule has 2 nitrogen and oxygen atoms in total. The van der Waals surface area contributed by atoms with E-state index >= 15 is 0 Å². The van der Waals surface area contributed by atoms with Crippen molar-refractivity contribution in [3.63, 3.8) is 0 Å². The lowest BCUT2D eigenvalue weighted by atomic mass is 10.0. The van der Waals surface area contributed by atoms with E-state index in [9.17, 15) is 0 Å². The molecular weight excluding hydrogens is 336 g/mol. The zero-order valence-corrected chi connectivity index (χ0v) is 14.1. The summed E-state index contributed by atoms with van der Waals surface area (Å²) in [5, 5.41) is 2.46. The van der Waals surface area contributed by atoms with Crippen molar-refractivity contribution < 1.29 is 0 Å². The summed E-state index contributed by atoms with van der Waals surface area (Å²) in [4.78, 5) is 4.80. The van der Waals surface area contributed by atoms with Crippen LogP contribution in [0.25, 0.3) is 27.7 Å². The molecule has 0 N–H and O–H groups in total. The Kier molecular flexibility index (Phi) is 3.05. The van der Waals surface area contributed by atoms with Crippen molar-refractivity contribution in [3.05, 3.63) is 70.5 Å². The van der Waals surface area contributed by atoms with Gasteiger partial charge in [-0.1, -0.05) is 54.6 Å². The highest BCUT2D eigenvalue weighted by Gasteiger charge is 2.17. The normalized spacial score (nSPS) is 11.4. The molecule has 2 heterocycles. The average Bonchev–Trinajstić information content (AvgIpc) is 2.91. The second kappa shape index (κ2) is 4.96. The maximum Gasteiger partial charge on any atom is 0.146 e. The number of benzene rings is 2. The lowest BCUT2D eigenvalue weighted by Crippen LogP contribution is -1.99. The summed E-state index contributed by atoms with van der Waals surface area (Å²) < 4.78 is 3.15. The van der Waals surface area contributed by atoms with Crippen LogP contribution in [0.2, 0.25) is 0 Å². The van der Waals surface area contributed by atoms with Crippen LogP contribution in [-0.4, -0.2) is 9.38 Å². The summed E-state index contributed by atoms with van der Waals surface area (Å²) in [6, 6.07) is 18.9. The molecule has 3 heteroatoms. The van der Waals surface area contributed by atoms with Crippen LogP contribution in [0.15, 0.2) is 59.2 Å². The Morgan fingerprint density at radius 3 is 2.23 bits per heavy atom. The van der Waals surface area contributed by atoms with Crippen molar-refractivity contribution in [3.8, 4) is 11.3 Å². The molecule has 0 aliphatic carbocycles. The van der Waals surface area contributed by atoms with E-state index in [0.717, 1.165) is 15.9 Å². The summed E-state index contributed by atoms with van der Waals surface area (Å²) in [7, 11) is 0. The molecule has 2 aromatic carbocycles. The van der Waals surface area contributed by atoms with Gasteiger partial charge >= 0.3 is 0 Å². The van der Waals surface area contributed by atoms with E-state index in [1.54, 1.807) is 0 Å². The number of hydrogen-bond acceptors (Lipinski definition) is 1. The minimum Gasteiger partial charge on any atom is -0.295 e. The molecule has 4 rings (SSSR count). The second-order valence-corrected chi connectivity index (χ2v) is 6.28. The number of fused-ring (bicyclic) bond motifs is 3. The van der Waals surface area contributed by atoms with Crippen LogP contribution in [0, 0.1) is 13.8 Å². The van der Waals surface area contributed by atoms with Gasteiger partial charge in [-0.05, 0) is 40.7 Å². The summed E-state index contributed by atoms with van der Waals surface area (Å²) in [6.45, 7) is 4.34. The number of aryl methyl sites for hydroxylation is 2. The molecule has 0 spiro atoms. The van der Waals surface area contributed by atoms with Crippen molar-refractivity contribution in [2.75, 3.05) is 0 Å². The zero-order chi connectivity index (χ0) is 15.3. The Bertz CT molecular complexity index is 1000. The van der Waals surface area contributed by atoms with E-state index in [0.29, 0.717) is 0 Å². The molecule has 4 aromatic rings. The smallest absolute Gasteiger partial charge is 0.146 e. The van der Waals surface area contributed by atoms with Crippen molar-refractivity contribution in [1.29, 1.82) is 0 Å². The Labute approximate surface area is 137 Å². The van der Waals surface area contributed by atoms with Crippen LogP contribution in [0.3, 0.4) is 0 Å². The van der Waals surface area contributed by atoms with Crippen LogP contribution in [-0.2, 0) is 0 Å². The molecule has 2 aromatic heterocycles. The van der Waals surface area contributed by atoms with Gasteiger partial charge in [-0.25, -0.2) is 4.98 Å². The van der Waals surface area contributed by atoms with Crippen molar-refractivity contribution in [1.82, 2.24) is 9.38 Å². The fraction of sp³-hybridized carbons (Fsp3) is 0.105. The Balaban J connectivity index is 2.23. The first-order chi connectivity index (χ1) is 10.7. The van der Waals surface area contributed by atoms with Crippen LogP contribution in [0.4, 0.5) is 0 Å². The standard InChI is InChI=1S/C19H15BrN2/c1-12-13(2)22-17(14-8-4-3-5-9-14)18(20)21-19(22)16-11-7-6-10-15(12)16/h3-11H,1-2H3. The number of pyridine rings is 1. The van der Waals surface area contributed by atoms with E-state index in [4.69, 9.17) is 4.98 Å². The predicted octanol–water partition coefficient (Wildman–Crippen LogP) is 5.53. The molecule has 0 saturated carbocycles. The van der Waals surface area contributed by atoms with E-state index < -0.39 is 0 Å². The second-order valence-electron chi connectivity index (χ2n) is 5.53. The largest absolute Gasteiger partial charge is 0.295 e. The molecule has 0 radical (unpaired) electrons. The van der Waals surface area contributed by atoms with Gasteiger partial charge in [-0.3, -0.25) is 4.40 Å². The molecular formula is C19H15BrN2. The van der Waals surface area contributed by atoms with Gasteiger partial charge in [0.15, 0.2) is 0 Å². The average molecular weight is 351 g/mol. The SMILES string of the molecule is Cc1c(C)n2c(-c3ccccc3)c(Br)nc2c2ccccc12. The van der Waals surface area contributed by atoms with E-state index in [2.05, 4.69) is 82.7 Å². The number of halogens is 1. The Morgan fingerprint density at radius 2 is 1.50 bits per heavy atom.